The standard InChI is InChI=1S/C25H32Cl2N2O4/c1-25(2,3)33-24(32)17-10-8-16(9-11-17)12-13-29-21(18(26)14-19(27)23(29)31)15-28(4)20-6-5-7-22(20)30/h8-11,14,20,22,30H,5-7,12-13,15H2,1-4H3/t20-,22-/m0/s1. The van der Waals surface area contributed by atoms with E-state index in [9.17, 15) is 14.7 Å². The van der Waals surface area contributed by atoms with Crippen LogP contribution < -0.4 is 5.56 Å². The highest BCUT2D eigenvalue weighted by atomic mass is 35.5. The maximum absolute atomic E-state index is 12.8. The molecule has 1 aliphatic carbocycles. The Morgan fingerprint density at radius 2 is 1.85 bits per heavy atom. The van der Waals surface area contributed by atoms with Gasteiger partial charge in [0.1, 0.15) is 10.6 Å². The van der Waals surface area contributed by atoms with Gasteiger partial charge in [0.05, 0.1) is 22.4 Å². The lowest BCUT2D eigenvalue weighted by Gasteiger charge is -2.28. The number of esters is 1. The number of hydrogen-bond acceptors (Lipinski definition) is 5. The number of carbonyl (C=O) groups excluding carboxylic acids is 1. The lowest BCUT2D eigenvalue weighted by molar-refractivity contribution is 0.00695. The number of hydrogen-bond donors (Lipinski definition) is 1. The molecule has 0 aliphatic heterocycles. The van der Waals surface area contributed by atoms with Gasteiger partial charge in [-0.05, 0) is 77.3 Å². The average Bonchev–Trinajstić information content (AvgIpc) is 3.16. The Kier molecular flexibility index (Phi) is 8.27. The monoisotopic (exact) mass is 494 g/mol. The zero-order chi connectivity index (χ0) is 24.3. The van der Waals surface area contributed by atoms with Crippen molar-refractivity contribution in [3.63, 3.8) is 0 Å². The third-order valence-corrected chi connectivity index (χ3v) is 6.52. The summed E-state index contributed by atoms with van der Waals surface area (Å²) < 4.78 is 7.02. The van der Waals surface area contributed by atoms with Gasteiger partial charge in [0.2, 0.25) is 0 Å². The van der Waals surface area contributed by atoms with Crippen LogP contribution in [-0.2, 0) is 24.2 Å². The Hall–Kier alpha value is -1.86. The molecule has 1 fully saturated rings. The lowest BCUT2D eigenvalue weighted by Crippen LogP contribution is -2.39. The van der Waals surface area contributed by atoms with Crippen molar-refractivity contribution >= 4 is 29.2 Å². The first-order chi connectivity index (χ1) is 15.5. The number of rotatable bonds is 7. The maximum atomic E-state index is 12.8. The molecule has 1 saturated carbocycles. The number of carbonyl (C=O) groups is 1. The van der Waals surface area contributed by atoms with E-state index in [0.29, 0.717) is 35.8 Å². The molecule has 0 saturated heterocycles. The van der Waals surface area contributed by atoms with Gasteiger partial charge in [0.25, 0.3) is 5.56 Å². The third-order valence-electron chi connectivity index (χ3n) is 5.93. The summed E-state index contributed by atoms with van der Waals surface area (Å²) in [5.41, 5.74) is 1.28. The molecule has 180 valence electrons. The van der Waals surface area contributed by atoms with Gasteiger partial charge >= 0.3 is 5.97 Å². The van der Waals surface area contributed by atoms with E-state index in [1.165, 1.54) is 6.07 Å². The Bertz CT molecular complexity index is 1040. The van der Waals surface area contributed by atoms with Crippen LogP contribution in [0.5, 0.6) is 0 Å². The predicted molar refractivity (Wildman–Crippen MR) is 131 cm³/mol. The van der Waals surface area contributed by atoms with Crippen molar-refractivity contribution in [2.45, 2.75) is 77.3 Å². The molecule has 1 heterocycles. The number of aliphatic hydroxyl groups is 1. The molecule has 2 aromatic rings. The van der Waals surface area contributed by atoms with Crippen molar-refractivity contribution in [3.8, 4) is 0 Å². The molecule has 0 unspecified atom stereocenters. The first-order valence-corrected chi connectivity index (χ1v) is 12.0. The van der Waals surface area contributed by atoms with Crippen LogP contribution in [0.25, 0.3) is 0 Å². The van der Waals surface area contributed by atoms with Crippen LogP contribution in [0.1, 0.15) is 61.6 Å². The first-order valence-electron chi connectivity index (χ1n) is 11.2. The zero-order valence-corrected chi connectivity index (χ0v) is 21.1. The Balaban J connectivity index is 1.76. The second kappa shape index (κ2) is 10.6. The van der Waals surface area contributed by atoms with Gasteiger partial charge in [-0.15, -0.1) is 0 Å². The van der Waals surface area contributed by atoms with Gasteiger partial charge < -0.3 is 14.4 Å². The molecule has 3 rings (SSSR count). The average molecular weight is 495 g/mol. The SMILES string of the molecule is CN(Cc1c(Cl)cc(Cl)c(=O)n1CCc1ccc(C(=O)OC(C)(C)C)cc1)[C@H]1CCC[C@@H]1O. The van der Waals surface area contributed by atoms with E-state index in [4.69, 9.17) is 27.9 Å². The molecule has 0 bridgehead atoms. The molecule has 33 heavy (non-hydrogen) atoms. The molecule has 1 N–H and O–H groups in total. The Morgan fingerprint density at radius 1 is 1.18 bits per heavy atom. The van der Waals surface area contributed by atoms with Crippen LogP contribution in [0.4, 0.5) is 0 Å². The molecule has 1 aromatic heterocycles. The minimum absolute atomic E-state index is 0.0423. The summed E-state index contributed by atoms with van der Waals surface area (Å²) in [7, 11) is 1.94. The molecule has 0 radical (unpaired) electrons. The van der Waals surface area contributed by atoms with E-state index < -0.39 is 5.60 Å². The van der Waals surface area contributed by atoms with Gasteiger partial charge in [0, 0.05) is 19.1 Å². The van der Waals surface area contributed by atoms with Crippen molar-refractivity contribution < 1.29 is 14.6 Å². The maximum Gasteiger partial charge on any atom is 0.338 e. The van der Waals surface area contributed by atoms with E-state index in [1.54, 1.807) is 16.7 Å². The van der Waals surface area contributed by atoms with Crippen LogP contribution in [0.2, 0.25) is 10.0 Å². The molecule has 1 aliphatic rings. The number of aryl methyl sites for hydroxylation is 1. The van der Waals surface area contributed by atoms with Crippen LogP contribution in [0, 0.1) is 0 Å². The number of nitrogens with zero attached hydrogens (tertiary/aromatic N) is 2. The number of aliphatic hydroxyl groups excluding tert-OH is 1. The topological polar surface area (TPSA) is 71.8 Å². The van der Waals surface area contributed by atoms with Crippen molar-refractivity contribution in [2.75, 3.05) is 7.05 Å². The zero-order valence-electron chi connectivity index (χ0n) is 19.6. The second-order valence-corrected chi connectivity index (χ2v) is 10.5. The summed E-state index contributed by atoms with van der Waals surface area (Å²) in [4.78, 5) is 27.1. The van der Waals surface area contributed by atoms with Crippen molar-refractivity contribution in [2.24, 2.45) is 0 Å². The predicted octanol–water partition coefficient (Wildman–Crippen LogP) is 4.70. The summed E-state index contributed by atoms with van der Waals surface area (Å²) in [5.74, 6) is -0.369. The van der Waals surface area contributed by atoms with Gasteiger partial charge in [0.15, 0.2) is 0 Å². The van der Waals surface area contributed by atoms with Crippen LogP contribution in [0.3, 0.4) is 0 Å². The number of likely N-dealkylation sites (N-methyl/N-ethyl adjacent to an activating group) is 1. The summed E-state index contributed by atoms with van der Waals surface area (Å²) in [6.07, 6.45) is 2.88. The van der Waals surface area contributed by atoms with E-state index in [-0.39, 0.29) is 28.7 Å². The lowest BCUT2D eigenvalue weighted by atomic mass is 10.1. The number of ether oxygens (including phenoxy) is 1. The molecule has 6 nitrogen and oxygen atoms in total. The van der Waals surface area contributed by atoms with E-state index >= 15 is 0 Å². The smallest absolute Gasteiger partial charge is 0.338 e. The molecule has 2 atom stereocenters. The number of benzene rings is 1. The van der Waals surface area contributed by atoms with Crippen molar-refractivity contribution in [3.05, 3.63) is 67.6 Å². The minimum atomic E-state index is -0.555. The van der Waals surface area contributed by atoms with Gasteiger partial charge in [-0.25, -0.2) is 4.79 Å². The Morgan fingerprint density at radius 3 is 2.42 bits per heavy atom. The summed E-state index contributed by atoms with van der Waals surface area (Å²) in [5, 5.41) is 10.8. The molecule has 8 heteroatoms. The van der Waals surface area contributed by atoms with Gasteiger partial charge in [-0.1, -0.05) is 35.3 Å². The number of pyridine rings is 1. The molecular weight excluding hydrogens is 463 g/mol. The molecule has 0 amide bonds. The fourth-order valence-electron chi connectivity index (χ4n) is 4.21. The van der Waals surface area contributed by atoms with E-state index in [1.807, 2.05) is 40.0 Å². The fraction of sp³-hybridized carbons (Fsp3) is 0.520. The number of halogens is 2. The van der Waals surface area contributed by atoms with Crippen LogP contribution in [0.15, 0.2) is 35.1 Å². The largest absolute Gasteiger partial charge is 0.456 e. The highest BCUT2D eigenvalue weighted by Gasteiger charge is 2.29. The first kappa shape index (κ1) is 25.8. The summed E-state index contributed by atoms with van der Waals surface area (Å²) in [6, 6.07) is 8.71. The van der Waals surface area contributed by atoms with Gasteiger partial charge in [-0.3, -0.25) is 9.69 Å². The molecular formula is C25H32Cl2N2O4. The summed E-state index contributed by atoms with van der Waals surface area (Å²) >= 11 is 12.6. The highest BCUT2D eigenvalue weighted by Crippen LogP contribution is 2.27. The second-order valence-electron chi connectivity index (χ2n) is 9.67. The van der Waals surface area contributed by atoms with Crippen molar-refractivity contribution in [1.82, 2.24) is 9.47 Å². The fourth-order valence-corrected chi connectivity index (χ4v) is 4.75. The van der Waals surface area contributed by atoms with E-state index in [0.717, 1.165) is 24.8 Å². The van der Waals surface area contributed by atoms with E-state index in [2.05, 4.69) is 4.90 Å². The quantitative estimate of drug-likeness (QED) is 0.564. The highest BCUT2D eigenvalue weighted by molar-refractivity contribution is 6.34. The number of aromatic nitrogens is 1. The normalized spacial score (nSPS) is 18.7. The van der Waals surface area contributed by atoms with Crippen LogP contribution >= 0.6 is 23.2 Å². The molecule has 0 spiro atoms. The van der Waals surface area contributed by atoms with Crippen LogP contribution in [-0.4, -0.2) is 45.3 Å². The van der Waals surface area contributed by atoms with Crippen molar-refractivity contribution in [1.29, 1.82) is 0 Å². The third kappa shape index (κ3) is 6.60. The minimum Gasteiger partial charge on any atom is -0.456 e. The van der Waals surface area contributed by atoms with Gasteiger partial charge in [-0.2, -0.15) is 0 Å². The molecule has 1 aromatic carbocycles. The Labute approximate surface area is 205 Å². The summed E-state index contributed by atoms with van der Waals surface area (Å²) in [6.45, 7) is 6.31.